The maximum atomic E-state index is 10.0. The highest BCUT2D eigenvalue weighted by molar-refractivity contribution is 6.04. The molecule has 0 bridgehead atoms. The number of carboxylic acid groups (broad SMARTS) is 2. The minimum absolute atomic E-state index is 0.225. The fraction of sp³-hybridized carbons (Fsp3) is 0.500. The van der Waals surface area contributed by atoms with Crippen molar-refractivity contribution >= 4 is 11.9 Å². The molecule has 1 saturated heterocycles. The summed E-state index contributed by atoms with van der Waals surface area (Å²) in [5.41, 5.74) is -1.92. The predicted octanol–water partition coefficient (Wildman–Crippen LogP) is -1.08. The first-order valence-electron chi connectivity index (χ1n) is 2.20. The van der Waals surface area contributed by atoms with Crippen LogP contribution < -0.4 is 0 Å². The highest BCUT2D eigenvalue weighted by Crippen LogP contribution is 2.26. The Hall–Kier alpha value is -1.10. The maximum absolute atomic E-state index is 10.0. The maximum Gasteiger partial charge on any atom is 0.350 e. The molecule has 1 rings (SSSR count). The fourth-order valence-corrected chi connectivity index (χ4v) is 0.411. The first kappa shape index (κ1) is 6.03. The molecule has 50 valence electrons. The summed E-state index contributed by atoms with van der Waals surface area (Å²) in [6.07, 6.45) is 0. The van der Waals surface area contributed by atoms with Crippen LogP contribution in [0.3, 0.4) is 0 Å². The van der Waals surface area contributed by atoms with E-state index in [0.29, 0.717) is 0 Å². The van der Waals surface area contributed by atoms with Crippen LogP contribution in [0, 0.1) is 0 Å². The van der Waals surface area contributed by atoms with Crippen LogP contribution in [-0.4, -0.2) is 34.4 Å². The third-order valence-electron chi connectivity index (χ3n) is 1.12. The van der Waals surface area contributed by atoms with E-state index in [9.17, 15) is 9.59 Å². The summed E-state index contributed by atoms with van der Waals surface area (Å²) in [6.45, 7) is -0.225. The monoisotopic (exact) mass is 132 g/mol. The molecular formula is C4H4O5. The van der Waals surface area contributed by atoms with Gasteiger partial charge in [-0.05, 0) is 0 Å². The summed E-state index contributed by atoms with van der Waals surface area (Å²) in [4.78, 5) is 20.0. The lowest BCUT2D eigenvalue weighted by Crippen LogP contribution is -2.33. The van der Waals surface area contributed by atoms with Gasteiger partial charge < -0.3 is 14.9 Å². The van der Waals surface area contributed by atoms with Crippen LogP contribution in [0.2, 0.25) is 0 Å². The molecule has 0 aromatic rings. The van der Waals surface area contributed by atoms with E-state index in [0.717, 1.165) is 0 Å². The lowest BCUT2D eigenvalue weighted by molar-refractivity contribution is -0.156. The Bertz CT molecular complexity index is 152. The third kappa shape index (κ3) is 0.655. The lowest BCUT2D eigenvalue weighted by atomic mass is 10.2. The molecule has 0 aromatic carbocycles. The van der Waals surface area contributed by atoms with Crippen LogP contribution in [0.25, 0.3) is 0 Å². The third-order valence-corrected chi connectivity index (χ3v) is 1.12. The van der Waals surface area contributed by atoms with E-state index in [4.69, 9.17) is 10.2 Å². The molecule has 0 saturated carbocycles. The van der Waals surface area contributed by atoms with Gasteiger partial charge in [0.2, 0.25) is 0 Å². The minimum atomic E-state index is -1.92. The van der Waals surface area contributed by atoms with Crippen molar-refractivity contribution in [3.8, 4) is 0 Å². The molecule has 5 nitrogen and oxygen atoms in total. The van der Waals surface area contributed by atoms with Gasteiger partial charge in [0, 0.05) is 0 Å². The van der Waals surface area contributed by atoms with E-state index in [2.05, 4.69) is 4.74 Å². The topological polar surface area (TPSA) is 87.1 Å². The summed E-state index contributed by atoms with van der Waals surface area (Å²) < 4.78 is 4.22. The van der Waals surface area contributed by atoms with Gasteiger partial charge in [0.1, 0.15) is 6.61 Å². The lowest BCUT2D eigenvalue weighted by Gasteiger charge is -1.95. The number of hydrogen-bond acceptors (Lipinski definition) is 3. The number of ether oxygens (including phenoxy) is 1. The number of rotatable bonds is 2. The SMILES string of the molecule is O=C(O)C1(C(=O)O)CO1. The van der Waals surface area contributed by atoms with E-state index in [-0.39, 0.29) is 6.61 Å². The minimum Gasteiger partial charge on any atom is -0.479 e. The Morgan fingerprint density at radius 3 is 1.67 bits per heavy atom. The normalized spacial score (nSPS) is 20.9. The van der Waals surface area contributed by atoms with Gasteiger partial charge in [0.25, 0.3) is 5.60 Å². The fourth-order valence-electron chi connectivity index (χ4n) is 0.411. The van der Waals surface area contributed by atoms with E-state index < -0.39 is 17.5 Å². The summed E-state index contributed by atoms with van der Waals surface area (Å²) in [6, 6.07) is 0. The molecule has 0 spiro atoms. The zero-order valence-electron chi connectivity index (χ0n) is 4.33. The molecule has 1 aliphatic heterocycles. The van der Waals surface area contributed by atoms with E-state index >= 15 is 0 Å². The summed E-state index contributed by atoms with van der Waals surface area (Å²) >= 11 is 0. The molecule has 0 amide bonds. The number of carboxylic acids is 2. The Kier molecular flexibility index (Phi) is 0.967. The molecule has 1 heterocycles. The second kappa shape index (κ2) is 1.44. The first-order valence-corrected chi connectivity index (χ1v) is 2.20. The molecule has 1 aliphatic rings. The van der Waals surface area contributed by atoms with E-state index in [1.165, 1.54) is 0 Å². The van der Waals surface area contributed by atoms with Gasteiger partial charge in [-0.1, -0.05) is 0 Å². The summed E-state index contributed by atoms with van der Waals surface area (Å²) in [5.74, 6) is -2.87. The van der Waals surface area contributed by atoms with Crippen molar-refractivity contribution in [3.63, 3.8) is 0 Å². The molecule has 0 radical (unpaired) electrons. The quantitative estimate of drug-likeness (QED) is 0.368. The van der Waals surface area contributed by atoms with Crippen molar-refractivity contribution in [1.29, 1.82) is 0 Å². The smallest absolute Gasteiger partial charge is 0.350 e. The van der Waals surface area contributed by atoms with Gasteiger partial charge >= 0.3 is 11.9 Å². The van der Waals surface area contributed by atoms with Gasteiger partial charge in [-0.15, -0.1) is 0 Å². The Morgan fingerprint density at radius 2 is 1.67 bits per heavy atom. The van der Waals surface area contributed by atoms with Gasteiger partial charge in [-0.3, -0.25) is 0 Å². The van der Waals surface area contributed by atoms with Crippen molar-refractivity contribution < 1.29 is 24.5 Å². The Labute approximate surface area is 49.9 Å². The molecular weight excluding hydrogens is 128 g/mol. The van der Waals surface area contributed by atoms with Crippen molar-refractivity contribution in [2.45, 2.75) is 5.60 Å². The van der Waals surface area contributed by atoms with Crippen molar-refractivity contribution in [2.24, 2.45) is 0 Å². The van der Waals surface area contributed by atoms with Crippen LogP contribution in [0.4, 0.5) is 0 Å². The molecule has 0 atom stereocenters. The number of aliphatic carboxylic acids is 2. The molecule has 5 heteroatoms. The summed E-state index contributed by atoms with van der Waals surface area (Å²) in [5, 5.41) is 16.3. The van der Waals surface area contributed by atoms with Crippen LogP contribution in [0.5, 0.6) is 0 Å². The van der Waals surface area contributed by atoms with Crippen LogP contribution in [0.1, 0.15) is 0 Å². The average Bonchev–Trinajstić information content (AvgIpc) is 2.40. The number of carbonyl (C=O) groups is 2. The molecule has 0 unspecified atom stereocenters. The van der Waals surface area contributed by atoms with E-state index in [1.54, 1.807) is 0 Å². The van der Waals surface area contributed by atoms with Crippen molar-refractivity contribution in [3.05, 3.63) is 0 Å². The van der Waals surface area contributed by atoms with Gasteiger partial charge in [0.05, 0.1) is 0 Å². The Balaban J connectivity index is 2.75. The second-order valence-corrected chi connectivity index (χ2v) is 1.73. The number of epoxide rings is 1. The summed E-state index contributed by atoms with van der Waals surface area (Å²) in [7, 11) is 0. The zero-order valence-corrected chi connectivity index (χ0v) is 4.33. The van der Waals surface area contributed by atoms with E-state index in [1.807, 2.05) is 0 Å². The van der Waals surface area contributed by atoms with Crippen LogP contribution >= 0.6 is 0 Å². The molecule has 2 N–H and O–H groups in total. The Morgan fingerprint density at radius 1 is 1.33 bits per heavy atom. The standard InChI is InChI=1S/C4H4O5/c5-2(6)4(1-9-4)3(7)8/h1H2,(H,5,6)(H,7,8). The van der Waals surface area contributed by atoms with Crippen LogP contribution in [-0.2, 0) is 14.3 Å². The van der Waals surface area contributed by atoms with Crippen molar-refractivity contribution in [1.82, 2.24) is 0 Å². The average molecular weight is 132 g/mol. The highest BCUT2D eigenvalue weighted by Gasteiger charge is 2.60. The largest absolute Gasteiger partial charge is 0.479 e. The number of hydrogen-bond donors (Lipinski definition) is 2. The van der Waals surface area contributed by atoms with Gasteiger partial charge in [-0.2, -0.15) is 0 Å². The molecule has 0 aromatic heterocycles. The molecule has 1 fully saturated rings. The van der Waals surface area contributed by atoms with Gasteiger partial charge in [-0.25, -0.2) is 9.59 Å². The molecule has 0 aliphatic carbocycles. The van der Waals surface area contributed by atoms with Crippen LogP contribution in [0.15, 0.2) is 0 Å². The second-order valence-electron chi connectivity index (χ2n) is 1.73. The van der Waals surface area contributed by atoms with Crippen molar-refractivity contribution in [2.75, 3.05) is 6.61 Å². The predicted molar refractivity (Wildman–Crippen MR) is 24.0 cm³/mol. The highest BCUT2D eigenvalue weighted by atomic mass is 16.6. The first-order chi connectivity index (χ1) is 4.09. The zero-order chi connectivity index (χ0) is 7.07. The van der Waals surface area contributed by atoms with Gasteiger partial charge in [0.15, 0.2) is 0 Å². The molecule has 9 heavy (non-hydrogen) atoms.